The molecule has 1 aliphatic carbocycles. The van der Waals surface area contributed by atoms with Crippen molar-refractivity contribution in [2.24, 2.45) is 0 Å². The van der Waals surface area contributed by atoms with Crippen molar-refractivity contribution in [2.45, 2.75) is 25.9 Å². The molecule has 2 heteroatoms. The van der Waals surface area contributed by atoms with E-state index in [1.807, 2.05) is 0 Å². The van der Waals surface area contributed by atoms with Crippen molar-refractivity contribution >= 4 is 0 Å². The zero-order valence-corrected chi connectivity index (χ0v) is 4.82. The van der Waals surface area contributed by atoms with E-state index in [2.05, 4.69) is 0 Å². The minimum Gasteiger partial charge on any atom is -0.386 e. The fourth-order valence-electron chi connectivity index (χ4n) is 0.884. The quantitative estimate of drug-likeness (QED) is 0.507. The summed E-state index contributed by atoms with van der Waals surface area (Å²) in [5.74, 6) is -0.315. The molecular weight excluding hydrogens is 107 g/mol. The molecule has 0 saturated carbocycles. The third-order valence-corrected chi connectivity index (χ3v) is 1.49. The lowest BCUT2D eigenvalue weighted by Gasteiger charge is -1.94. The van der Waals surface area contributed by atoms with Crippen LogP contribution in [0.25, 0.3) is 0 Å². The average molecular weight is 116 g/mol. The van der Waals surface area contributed by atoms with Crippen LogP contribution in [-0.2, 0) is 0 Å². The normalized spacial score (nSPS) is 29.6. The second-order valence-corrected chi connectivity index (χ2v) is 2.18. The summed E-state index contributed by atoms with van der Waals surface area (Å²) >= 11 is 0. The van der Waals surface area contributed by atoms with Gasteiger partial charge in [0.15, 0.2) is 0 Å². The van der Waals surface area contributed by atoms with E-state index in [0.29, 0.717) is 18.4 Å². The summed E-state index contributed by atoms with van der Waals surface area (Å²) in [4.78, 5) is 0. The highest BCUT2D eigenvalue weighted by atomic mass is 19.1. The van der Waals surface area contributed by atoms with Gasteiger partial charge in [0, 0.05) is 0 Å². The van der Waals surface area contributed by atoms with E-state index in [1.165, 1.54) is 0 Å². The highest BCUT2D eigenvalue weighted by Crippen LogP contribution is 2.26. The van der Waals surface area contributed by atoms with Gasteiger partial charge in [0.05, 0.1) is 0 Å². The van der Waals surface area contributed by atoms with E-state index in [0.717, 1.165) is 0 Å². The predicted molar refractivity (Wildman–Crippen MR) is 29.0 cm³/mol. The van der Waals surface area contributed by atoms with Gasteiger partial charge in [-0.1, -0.05) is 0 Å². The molecule has 0 fully saturated rings. The highest BCUT2D eigenvalue weighted by molar-refractivity contribution is 5.15. The van der Waals surface area contributed by atoms with Gasteiger partial charge >= 0.3 is 0 Å². The van der Waals surface area contributed by atoms with Crippen molar-refractivity contribution in [1.82, 2.24) is 0 Å². The summed E-state index contributed by atoms with van der Waals surface area (Å²) in [5, 5.41) is 8.74. The number of hydrogen-bond donors (Lipinski definition) is 1. The van der Waals surface area contributed by atoms with Crippen molar-refractivity contribution < 1.29 is 9.50 Å². The van der Waals surface area contributed by atoms with E-state index >= 15 is 0 Å². The lowest BCUT2D eigenvalue weighted by atomic mass is 10.3. The monoisotopic (exact) mass is 116 g/mol. The van der Waals surface area contributed by atoms with Gasteiger partial charge in [0.25, 0.3) is 0 Å². The van der Waals surface area contributed by atoms with Gasteiger partial charge in [0.2, 0.25) is 0 Å². The van der Waals surface area contributed by atoms with Crippen LogP contribution in [0.1, 0.15) is 19.8 Å². The largest absolute Gasteiger partial charge is 0.386 e. The summed E-state index contributed by atoms with van der Waals surface area (Å²) in [6.07, 6.45) is 0.486. The summed E-state index contributed by atoms with van der Waals surface area (Å²) in [6.45, 7) is 1.71. The Bertz CT molecular complexity index is 128. The van der Waals surface area contributed by atoms with E-state index in [-0.39, 0.29) is 5.83 Å². The van der Waals surface area contributed by atoms with Gasteiger partial charge < -0.3 is 5.11 Å². The fourth-order valence-corrected chi connectivity index (χ4v) is 0.884. The Labute approximate surface area is 47.8 Å². The number of allylic oxidation sites excluding steroid dienone is 1. The molecule has 0 heterocycles. The Hall–Kier alpha value is -0.370. The topological polar surface area (TPSA) is 20.2 Å². The highest BCUT2D eigenvalue weighted by Gasteiger charge is 2.19. The minimum absolute atomic E-state index is 0.315. The smallest absolute Gasteiger partial charge is 0.127 e. The standard InChI is InChI=1S/C6H9FO/c1-4-2-3-5(8)6(4)7/h5,8H,2-3H2,1H3/t5-/m1/s1. The van der Waals surface area contributed by atoms with Gasteiger partial charge in [0.1, 0.15) is 11.9 Å². The third-order valence-electron chi connectivity index (χ3n) is 1.49. The van der Waals surface area contributed by atoms with Crippen LogP contribution in [0.15, 0.2) is 11.4 Å². The number of aliphatic hydroxyl groups is 1. The molecule has 1 atom stereocenters. The van der Waals surface area contributed by atoms with Gasteiger partial charge in [-0.3, -0.25) is 0 Å². The molecule has 0 radical (unpaired) electrons. The second kappa shape index (κ2) is 1.86. The summed E-state index contributed by atoms with van der Waals surface area (Å²) in [5.41, 5.74) is 0.706. The first-order valence-electron chi connectivity index (χ1n) is 2.75. The van der Waals surface area contributed by atoms with Crippen molar-refractivity contribution in [2.75, 3.05) is 0 Å². The molecule has 1 rings (SSSR count). The van der Waals surface area contributed by atoms with E-state index in [4.69, 9.17) is 5.11 Å². The zero-order chi connectivity index (χ0) is 6.15. The Balaban J connectivity index is 2.71. The molecule has 0 spiro atoms. The van der Waals surface area contributed by atoms with Crippen LogP contribution in [0.3, 0.4) is 0 Å². The van der Waals surface area contributed by atoms with Crippen LogP contribution >= 0.6 is 0 Å². The lowest BCUT2D eigenvalue weighted by Crippen LogP contribution is -1.99. The number of halogens is 1. The zero-order valence-electron chi connectivity index (χ0n) is 4.82. The second-order valence-electron chi connectivity index (χ2n) is 2.18. The first-order chi connectivity index (χ1) is 3.72. The van der Waals surface area contributed by atoms with Gasteiger partial charge in [-0.25, -0.2) is 4.39 Å². The first kappa shape index (κ1) is 5.76. The molecule has 0 aromatic heterocycles. The molecular formula is C6H9FO. The third kappa shape index (κ3) is 0.757. The number of hydrogen-bond acceptors (Lipinski definition) is 1. The molecule has 0 saturated heterocycles. The molecule has 0 aromatic rings. The SMILES string of the molecule is CC1=C(F)[C@H](O)CC1. The number of rotatable bonds is 0. The Morgan fingerprint density at radius 2 is 2.38 bits per heavy atom. The predicted octanol–water partition coefficient (Wildman–Crippen LogP) is 1.38. The molecule has 1 aliphatic rings. The molecule has 0 unspecified atom stereocenters. The molecule has 0 amide bonds. The first-order valence-corrected chi connectivity index (χ1v) is 2.75. The van der Waals surface area contributed by atoms with E-state index < -0.39 is 6.10 Å². The molecule has 0 aliphatic heterocycles. The van der Waals surface area contributed by atoms with Gasteiger partial charge in [-0.05, 0) is 25.3 Å². The van der Waals surface area contributed by atoms with Crippen molar-refractivity contribution in [1.29, 1.82) is 0 Å². The maximum Gasteiger partial charge on any atom is 0.127 e. The van der Waals surface area contributed by atoms with Crippen LogP contribution in [0, 0.1) is 0 Å². The van der Waals surface area contributed by atoms with Crippen LogP contribution in [-0.4, -0.2) is 11.2 Å². The molecule has 46 valence electrons. The van der Waals surface area contributed by atoms with Gasteiger partial charge in [-0.15, -0.1) is 0 Å². The number of aliphatic hydroxyl groups excluding tert-OH is 1. The average Bonchev–Trinajstić information content (AvgIpc) is 1.98. The van der Waals surface area contributed by atoms with E-state index in [1.54, 1.807) is 6.92 Å². The molecule has 1 N–H and O–H groups in total. The maximum absolute atomic E-state index is 12.3. The molecule has 0 aromatic carbocycles. The van der Waals surface area contributed by atoms with Crippen LogP contribution in [0.2, 0.25) is 0 Å². The minimum atomic E-state index is -0.796. The van der Waals surface area contributed by atoms with Crippen molar-refractivity contribution in [3.63, 3.8) is 0 Å². The summed E-state index contributed by atoms with van der Waals surface area (Å²) in [6, 6.07) is 0. The van der Waals surface area contributed by atoms with Crippen LogP contribution in [0.4, 0.5) is 4.39 Å². The fraction of sp³-hybridized carbons (Fsp3) is 0.667. The lowest BCUT2D eigenvalue weighted by molar-refractivity contribution is 0.186. The van der Waals surface area contributed by atoms with E-state index in [9.17, 15) is 4.39 Å². The van der Waals surface area contributed by atoms with Crippen molar-refractivity contribution in [3.05, 3.63) is 11.4 Å². The molecule has 0 bridgehead atoms. The summed E-state index contributed by atoms with van der Waals surface area (Å²) in [7, 11) is 0. The Kier molecular flexibility index (Phi) is 1.34. The molecule has 1 nitrogen and oxygen atoms in total. The Morgan fingerprint density at radius 1 is 1.75 bits per heavy atom. The van der Waals surface area contributed by atoms with Gasteiger partial charge in [-0.2, -0.15) is 0 Å². The van der Waals surface area contributed by atoms with Crippen LogP contribution < -0.4 is 0 Å². The molecule has 8 heavy (non-hydrogen) atoms. The maximum atomic E-state index is 12.3. The Morgan fingerprint density at radius 3 is 2.50 bits per heavy atom. The van der Waals surface area contributed by atoms with Crippen molar-refractivity contribution in [3.8, 4) is 0 Å². The van der Waals surface area contributed by atoms with Crippen LogP contribution in [0.5, 0.6) is 0 Å². The summed E-state index contributed by atoms with van der Waals surface area (Å²) < 4.78 is 12.3.